The molecule has 0 aromatic carbocycles. The molecule has 0 bridgehead atoms. The van der Waals surface area contributed by atoms with Crippen LogP contribution in [0.2, 0.25) is 0 Å². The summed E-state index contributed by atoms with van der Waals surface area (Å²) in [6.07, 6.45) is 5.00. The van der Waals surface area contributed by atoms with Gasteiger partial charge in [0, 0.05) is 7.11 Å². The van der Waals surface area contributed by atoms with Crippen molar-refractivity contribution in [2.24, 2.45) is 16.8 Å². The first-order valence-electron chi connectivity index (χ1n) is 6.46. The van der Waals surface area contributed by atoms with Crippen LogP contribution >= 0.6 is 0 Å². The highest BCUT2D eigenvalue weighted by Gasteiger charge is 2.30. The number of rotatable bonds is 7. The third-order valence-corrected chi connectivity index (χ3v) is 4.74. The van der Waals surface area contributed by atoms with Gasteiger partial charge in [0.2, 0.25) is 10.0 Å². The van der Waals surface area contributed by atoms with E-state index >= 15 is 0 Å². The summed E-state index contributed by atoms with van der Waals surface area (Å²) >= 11 is 0. The molecule has 0 aliphatic heterocycles. The maximum absolute atomic E-state index is 11.9. The fourth-order valence-electron chi connectivity index (χ4n) is 2.37. The van der Waals surface area contributed by atoms with E-state index in [4.69, 9.17) is 15.7 Å². The lowest BCUT2D eigenvalue weighted by Gasteiger charge is -2.29. The SMILES string of the molecule is COCCS(=O)(=O)NC(C(N)=NO)C1CCCCC1. The van der Waals surface area contributed by atoms with Crippen molar-refractivity contribution in [2.45, 2.75) is 38.1 Å². The molecular weight excluding hydrogens is 270 g/mol. The second kappa shape index (κ2) is 7.66. The molecule has 1 aliphatic rings. The summed E-state index contributed by atoms with van der Waals surface area (Å²) in [6, 6.07) is -0.632. The van der Waals surface area contributed by atoms with Crippen LogP contribution in [-0.4, -0.2) is 45.0 Å². The monoisotopic (exact) mass is 293 g/mol. The standard InChI is InChI=1S/C11H23N3O4S/c1-18-7-8-19(16,17)14-10(11(12)13-15)9-5-3-2-4-6-9/h9-10,14-15H,2-8H2,1H3,(H2,12,13). The summed E-state index contributed by atoms with van der Waals surface area (Å²) in [6.45, 7) is 0.114. The maximum atomic E-state index is 11.9. The van der Waals surface area contributed by atoms with E-state index in [2.05, 4.69) is 9.88 Å². The van der Waals surface area contributed by atoms with Crippen molar-refractivity contribution in [2.75, 3.05) is 19.5 Å². The van der Waals surface area contributed by atoms with Crippen molar-refractivity contribution >= 4 is 15.9 Å². The smallest absolute Gasteiger partial charge is 0.214 e. The van der Waals surface area contributed by atoms with Crippen molar-refractivity contribution in [1.82, 2.24) is 4.72 Å². The van der Waals surface area contributed by atoms with Crippen LogP contribution < -0.4 is 10.5 Å². The molecule has 0 aromatic heterocycles. The van der Waals surface area contributed by atoms with E-state index in [9.17, 15) is 8.42 Å². The zero-order chi connectivity index (χ0) is 14.3. The van der Waals surface area contributed by atoms with Gasteiger partial charge in [0.05, 0.1) is 18.4 Å². The Labute approximate surface area is 114 Å². The predicted molar refractivity (Wildman–Crippen MR) is 72.6 cm³/mol. The van der Waals surface area contributed by atoms with Crippen LogP contribution in [0, 0.1) is 5.92 Å². The molecule has 0 aromatic rings. The molecule has 8 heteroatoms. The summed E-state index contributed by atoms with van der Waals surface area (Å²) < 4.78 is 31.0. The number of sulfonamides is 1. The van der Waals surface area contributed by atoms with Crippen molar-refractivity contribution in [3.63, 3.8) is 0 Å². The molecule has 1 fully saturated rings. The number of hydrogen-bond acceptors (Lipinski definition) is 5. The highest BCUT2D eigenvalue weighted by molar-refractivity contribution is 7.89. The fourth-order valence-corrected chi connectivity index (χ4v) is 3.58. The van der Waals surface area contributed by atoms with E-state index in [0.29, 0.717) is 0 Å². The molecule has 112 valence electrons. The van der Waals surface area contributed by atoms with Gasteiger partial charge in [0.1, 0.15) is 0 Å². The summed E-state index contributed by atoms with van der Waals surface area (Å²) in [5, 5.41) is 11.8. The molecule has 19 heavy (non-hydrogen) atoms. The van der Waals surface area contributed by atoms with E-state index in [1.165, 1.54) is 7.11 Å². The van der Waals surface area contributed by atoms with Gasteiger partial charge in [-0.25, -0.2) is 13.1 Å². The minimum absolute atomic E-state index is 0.0760. The van der Waals surface area contributed by atoms with Crippen LogP contribution in [0.25, 0.3) is 0 Å². The topological polar surface area (TPSA) is 114 Å². The summed E-state index contributed by atoms with van der Waals surface area (Å²) in [5.74, 6) is -0.124. The third-order valence-electron chi connectivity index (χ3n) is 3.42. The summed E-state index contributed by atoms with van der Waals surface area (Å²) in [7, 11) is -2.05. The molecule has 1 rings (SSSR count). The number of methoxy groups -OCH3 is 1. The Kier molecular flexibility index (Phi) is 6.53. The lowest BCUT2D eigenvalue weighted by Crippen LogP contribution is -2.50. The Morgan fingerprint density at radius 1 is 1.47 bits per heavy atom. The molecule has 4 N–H and O–H groups in total. The van der Waals surface area contributed by atoms with Crippen LogP contribution in [0.15, 0.2) is 5.16 Å². The Morgan fingerprint density at radius 3 is 2.63 bits per heavy atom. The average Bonchev–Trinajstić information content (AvgIpc) is 2.43. The van der Waals surface area contributed by atoms with Gasteiger partial charge in [-0.3, -0.25) is 0 Å². The largest absolute Gasteiger partial charge is 0.409 e. The number of oxime groups is 1. The van der Waals surface area contributed by atoms with Gasteiger partial charge in [-0.15, -0.1) is 0 Å². The van der Waals surface area contributed by atoms with Gasteiger partial charge in [-0.2, -0.15) is 0 Å². The molecule has 1 saturated carbocycles. The van der Waals surface area contributed by atoms with Crippen molar-refractivity contribution in [3.05, 3.63) is 0 Å². The number of nitrogens with two attached hydrogens (primary N) is 1. The van der Waals surface area contributed by atoms with Crippen LogP contribution in [-0.2, 0) is 14.8 Å². The Hall–Kier alpha value is -0.860. The van der Waals surface area contributed by atoms with Crippen LogP contribution in [0.3, 0.4) is 0 Å². The molecule has 1 aliphatic carbocycles. The quantitative estimate of drug-likeness (QED) is 0.269. The molecule has 7 nitrogen and oxygen atoms in total. The van der Waals surface area contributed by atoms with E-state index < -0.39 is 16.1 Å². The van der Waals surface area contributed by atoms with E-state index in [1.54, 1.807) is 0 Å². The number of nitrogens with one attached hydrogen (secondary N) is 1. The summed E-state index contributed by atoms with van der Waals surface area (Å²) in [5.41, 5.74) is 5.63. The van der Waals surface area contributed by atoms with E-state index in [0.717, 1.165) is 32.1 Å². The zero-order valence-electron chi connectivity index (χ0n) is 11.2. The number of amidine groups is 1. The first kappa shape index (κ1) is 16.2. The second-order valence-electron chi connectivity index (χ2n) is 4.83. The Balaban J connectivity index is 2.74. The molecule has 0 saturated heterocycles. The van der Waals surface area contributed by atoms with Gasteiger partial charge in [0.15, 0.2) is 5.84 Å². The van der Waals surface area contributed by atoms with Gasteiger partial charge >= 0.3 is 0 Å². The first-order chi connectivity index (χ1) is 9.00. The Morgan fingerprint density at radius 2 is 2.11 bits per heavy atom. The van der Waals surface area contributed by atoms with Gasteiger partial charge in [-0.1, -0.05) is 24.4 Å². The zero-order valence-corrected chi connectivity index (χ0v) is 12.0. The normalized spacial score (nSPS) is 20.4. The number of hydrogen-bond donors (Lipinski definition) is 3. The lowest BCUT2D eigenvalue weighted by atomic mass is 9.84. The molecule has 0 radical (unpaired) electrons. The van der Waals surface area contributed by atoms with Crippen molar-refractivity contribution in [1.29, 1.82) is 0 Å². The minimum Gasteiger partial charge on any atom is -0.409 e. The maximum Gasteiger partial charge on any atom is 0.214 e. The highest BCUT2D eigenvalue weighted by atomic mass is 32.2. The van der Waals surface area contributed by atoms with Gasteiger partial charge < -0.3 is 15.7 Å². The predicted octanol–water partition coefficient (Wildman–Crippen LogP) is 0.248. The van der Waals surface area contributed by atoms with Crippen LogP contribution in [0.5, 0.6) is 0 Å². The first-order valence-corrected chi connectivity index (χ1v) is 8.11. The second-order valence-corrected chi connectivity index (χ2v) is 6.70. The van der Waals surface area contributed by atoms with E-state index in [-0.39, 0.29) is 24.1 Å². The fraction of sp³-hybridized carbons (Fsp3) is 0.909. The van der Waals surface area contributed by atoms with Gasteiger partial charge in [-0.05, 0) is 18.8 Å². The average molecular weight is 293 g/mol. The van der Waals surface area contributed by atoms with Crippen molar-refractivity contribution in [3.8, 4) is 0 Å². The third kappa shape index (κ3) is 5.33. The molecule has 0 spiro atoms. The minimum atomic E-state index is -3.49. The van der Waals surface area contributed by atoms with Crippen molar-refractivity contribution < 1.29 is 18.4 Å². The Bertz CT molecular complexity index is 391. The summed E-state index contributed by atoms with van der Waals surface area (Å²) in [4.78, 5) is 0. The van der Waals surface area contributed by atoms with Crippen LogP contribution in [0.4, 0.5) is 0 Å². The molecule has 1 unspecified atom stereocenters. The highest BCUT2D eigenvalue weighted by Crippen LogP contribution is 2.27. The van der Waals surface area contributed by atoms with Gasteiger partial charge in [0.25, 0.3) is 0 Å². The molecule has 0 amide bonds. The van der Waals surface area contributed by atoms with Crippen LogP contribution in [0.1, 0.15) is 32.1 Å². The lowest BCUT2D eigenvalue weighted by molar-refractivity contribution is 0.216. The molecule has 1 atom stereocenters. The number of nitrogens with zero attached hydrogens (tertiary/aromatic N) is 1. The number of ether oxygens (including phenoxy) is 1. The van der Waals surface area contributed by atoms with E-state index in [1.807, 2.05) is 0 Å². The molecule has 0 heterocycles. The molecular formula is C11H23N3O4S.